The molecular formula is C23H29ClN2O4. The molecule has 0 saturated carbocycles. The summed E-state index contributed by atoms with van der Waals surface area (Å²) in [4.78, 5) is 15.7. The molecule has 162 valence electrons. The number of hydrogen-bond acceptors (Lipinski definition) is 5. The molecule has 2 fully saturated rings. The third-order valence-electron chi connectivity index (χ3n) is 6.24. The minimum absolute atomic E-state index is 0. The van der Waals surface area contributed by atoms with Crippen LogP contribution in [0.5, 0.6) is 17.2 Å². The van der Waals surface area contributed by atoms with Gasteiger partial charge in [-0.05, 0) is 36.1 Å². The van der Waals surface area contributed by atoms with Gasteiger partial charge in [0, 0.05) is 31.1 Å². The summed E-state index contributed by atoms with van der Waals surface area (Å²) in [5.41, 5.74) is 2.99. The summed E-state index contributed by atoms with van der Waals surface area (Å²) in [6.07, 6.45) is 0. The maximum Gasteiger partial charge on any atom is 0.254 e. The Bertz CT molecular complexity index is 895. The van der Waals surface area contributed by atoms with Crippen molar-refractivity contribution in [3.8, 4) is 17.2 Å². The molecule has 0 bridgehead atoms. The predicted molar refractivity (Wildman–Crippen MR) is 118 cm³/mol. The average molecular weight is 433 g/mol. The zero-order valence-corrected chi connectivity index (χ0v) is 18.6. The SMILES string of the molecule is COc1cc(C(=O)N2C[C@@H]3CNC[C@@H]3[C@@H]2c2ccccc2C)cc(OC)c1OC.Cl. The highest BCUT2D eigenvalue weighted by Gasteiger charge is 2.47. The largest absolute Gasteiger partial charge is 0.493 e. The lowest BCUT2D eigenvalue weighted by molar-refractivity contribution is 0.0713. The molecule has 3 atom stereocenters. The van der Waals surface area contributed by atoms with Gasteiger partial charge in [0.15, 0.2) is 11.5 Å². The molecule has 1 amide bonds. The summed E-state index contributed by atoms with van der Waals surface area (Å²) >= 11 is 0. The van der Waals surface area contributed by atoms with Gasteiger partial charge in [0.05, 0.1) is 27.4 Å². The zero-order valence-electron chi connectivity index (χ0n) is 17.8. The maximum absolute atomic E-state index is 13.7. The topological polar surface area (TPSA) is 60.0 Å². The number of nitrogens with zero attached hydrogens (tertiary/aromatic N) is 1. The number of fused-ring (bicyclic) bond motifs is 1. The van der Waals surface area contributed by atoms with Gasteiger partial charge in [-0.15, -0.1) is 12.4 Å². The van der Waals surface area contributed by atoms with Crippen LogP contribution in [0.1, 0.15) is 27.5 Å². The molecule has 2 aliphatic rings. The monoisotopic (exact) mass is 432 g/mol. The van der Waals surface area contributed by atoms with E-state index in [1.54, 1.807) is 33.5 Å². The first-order valence-electron chi connectivity index (χ1n) is 9.96. The molecule has 30 heavy (non-hydrogen) atoms. The van der Waals surface area contributed by atoms with E-state index < -0.39 is 0 Å². The number of methoxy groups -OCH3 is 3. The highest BCUT2D eigenvalue weighted by Crippen LogP contribution is 2.45. The molecular weight excluding hydrogens is 404 g/mol. The lowest BCUT2D eigenvalue weighted by Crippen LogP contribution is -2.35. The van der Waals surface area contributed by atoms with Crippen molar-refractivity contribution in [3.05, 3.63) is 53.1 Å². The van der Waals surface area contributed by atoms with Crippen molar-refractivity contribution >= 4 is 18.3 Å². The Morgan fingerprint density at radius 1 is 1.03 bits per heavy atom. The molecule has 2 aromatic carbocycles. The van der Waals surface area contributed by atoms with E-state index in [4.69, 9.17) is 14.2 Å². The minimum Gasteiger partial charge on any atom is -0.493 e. The number of carbonyl (C=O) groups excluding carboxylic acids is 1. The van der Waals surface area contributed by atoms with Crippen molar-refractivity contribution in [2.24, 2.45) is 11.8 Å². The van der Waals surface area contributed by atoms with Crippen LogP contribution in [0.25, 0.3) is 0 Å². The van der Waals surface area contributed by atoms with E-state index in [2.05, 4.69) is 30.4 Å². The van der Waals surface area contributed by atoms with Gasteiger partial charge >= 0.3 is 0 Å². The summed E-state index contributed by atoms with van der Waals surface area (Å²) in [6, 6.07) is 11.9. The molecule has 0 unspecified atom stereocenters. The Labute approximate surface area is 183 Å². The fourth-order valence-electron chi connectivity index (χ4n) is 4.82. The number of amides is 1. The van der Waals surface area contributed by atoms with Crippen LogP contribution in [0.2, 0.25) is 0 Å². The van der Waals surface area contributed by atoms with Crippen LogP contribution in [-0.2, 0) is 0 Å². The van der Waals surface area contributed by atoms with Gasteiger partial charge in [-0.25, -0.2) is 0 Å². The van der Waals surface area contributed by atoms with Crippen molar-refractivity contribution in [2.45, 2.75) is 13.0 Å². The number of halogens is 1. The van der Waals surface area contributed by atoms with Gasteiger partial charge in [0.2, 0.25) is 5.75 Å². The van der Waals surface area contributed by atoms with E-state index in [1.807, 2.05) is 11.0 Å². The van der Waals surface area contributed by atoms with Gasteiger partial charge in [-0.1, -0.05) is 24.3 Å². The Balaban J connectivity index is 0.00000256. The molecule has 0 spiro atoms. The van der Waals surface area contributed by atoms with Crippen LogP contribution in [0.4, 0.5) is 0 Å². The summed E-state index contributed by atoms with van der Waals surface area (Å²) in [5.74, 6) is 2.34. The molecule has 1 N–H and O–H groups in total. The molecule has 4 rings (SSSR count). The fourth-order valence-corrected chi connectivity index (χ4v) is 4.82. The Kier molecular flexibility index (Phi) is 6.78. The average Bonchev–Trinajstić information content (AvgIpc) is 3.34. The lowest BCUT2D eigenvalue weighted by Gasteiger charge is -2.30. The normalized spacial score (nSPS) is 22.3. The van der Waals surface area contributed by atoms with E-state index in [1.165, 1.54) is 11.1 Å². The van der Waals surface area contributed by atoms with Crippen molar-refractivity contribution in [1.82, 2.24) is 10.2 Å². The number of likely N-dealkylation sites (tertiary alicyclic amines) is 1. The highest BCUT2D eigenvalue weighted by atomic mass is 35.5. The van der Waals surface area contributed by atoms with Gasteiger partial charge in [-0.3, -0.25) is 4.79 Å². The second-order valence-electron chi connectivity index (χ2n) is 7.76. The third kappa shape index (κ3) is 3.70. The second kappa shape index (κ2) is 9.14. The van der Waals surface area contributed by atoms with E-state index in [0.29, 0.717) is 34.6 Å². The van der Waals surface area contributed by atoms with Crippen molar-refractivity contribution in [3.63, 3.8) is 0 Å². The van der Waals surface area contributed by atoms with Crippen LogP contribution in [0.15, 0.2) is 36.4 Å². The molecule has 0 radical (unpaired) electrons. The zero-order chi connectivity index (χ0) is 20.5. The standard InChI is InChI=1S/C23H28N2O4.ClH/c1-14-7-5-6-8-17(14)21-18-12-24-11-16(18)13-25(21)23(26)15-9-19(27-2)22(29-4)20(10-15)28-3;/h5-10,16,18,21,24H,11-13H2,1-4H3;1H/t16-,18-,21-;/m0./s1. The van der Waals surface area contributed by atoms with Gasteiger partial charge in [0.25, 0.3) is 5.91 Å². The van der Waals surface area contributed by atoms with E-state index in [0.717, 1.165) is 19.6 Å². The first-order chi connectivity index (χ1) is 14.1. The van der Waals surface area contributed by atoms with Crippen LogP contribution in [0, 0.1) is 18.8 Å². The smallest absolute Gasteiger partial charge is 0.254 e. The molecule has 2 saturated heterocycles. The van der Waals surface area contributed by atoms with Crippen LogP contribution in [-0.4, -0.2) is 51.8 Å². The van der Waals surface area contributed by atoms with Crippen LogP contribution in [0.3, 0.4) is 0 Å². The van der Waals surface area contributed by atoms with Crippen molar-refractivity contribution in [2.75, 3.05) is 41.0 Å². The lowest BCUT2D eigenvalue weighted by atomic mass is 9.87. The summed E-state index contributed by atoms with van der Waals surface area (Å²) < 4.78 is 16.3. The minimum atomic E-state index is -0.00749. The van der Waals surface area contributed by atoms with Crippen LogP contribution < -0.4 is 19.5 Å². The first kappa shape index (κ1) is 22.2. The Morgan fingerprint density at radius 3 is 2.30 bits per heavy atom. The summed E-state index contributed by atoms with van der Waals surface area (Å²) in [5, 5.41) is 3.50. The predicted octanol–water partition coefficient (Wildman–Crippen LogP) is 3.48. The quantitative estimate of drug-likeness (QED) is 0.783. The first-order valence-corrected chi connectivity index (χ1v) is 9.96. The van der Waals surface area contributed by atoms with Crippen molar-refractivity contribution < 1.29 is 19.0 Å². The van der Waals surface area contributed by atoms with Gasteiger partial charge in [-0.2, -0.15) is 0 Å². The summed E-state index contributed by atoms with van der Waals surface area (Å²) in [6.45, 7) is 4.74. The van der Waals surface area contributed by atoms with Gasteiger partial charge < -0.3 is 24.4 Å². The van der Waals surface area contributed by atoms with E-state index in [9.17, 15) is 4.79 Å². The number of carbonyl (C=O) groups is 1. The van der Waals surface area contributed by atoms with E-state index >= 15 is 0 Å². The number of benzene rings is 2. The number of nitrogens with one attached hydrogen (secondary N) is 1. The number of aryl methyl sites for hydroxylation is 1. The Hall–Kier alpha value is -2.44. The molecule has 0 aromatic heterocycles. The second-order valence-corrected chi connectivity index (χ2v) is 7.76. The number of rotatable bonds is 5. The molecule has 2 heterocycles. The van der Waals surface area contributed by atoms with Crippen LogP contribution >= 0.6 is 12.4 Å². The molecule has 6 nitrogen and oxygen atoms in total. The highest BCUT2D eigenvalue weighted by molar-refractivity contribution is 5.96. The van der Waals surface area contributed by atoms with Crippen molar-refractivity contribution in [1.29, 1.82) is 0 Å². The maximum atomic E-state index is 13.7. The Morgan fingerprint density at radius 2 is 1.70 bits per heavy atom. The van der Waals surface area contributed by atoms with E-state index in [-0.39, 0.29) is 24.4 Å². The molecule has 2 aliphatic heterocycles. The van der Waals surface area contributed by atoms with Gasteiger partial charge in [0.1, 0.15) is 0 Å². The fraction of sp³-hybridized carbons (Fsp3) is 0.435. The molecule has 0 aliphatic carbocycles. The number of hydrogen-bond donors (Lipinski definition) is 1. The third-order valence-corrected chi connectivity index (χ3v) is 6.24. The molecule has 2 aromatic rings. The number of ether oxygens (including phenoxy) is 3. The summed E-state index contributed by atoms with van der Waals surface area (Å²) in [7, 11) is 4.69. The molecule has 7 heteroatoms.